The molecule has 0 amide bonds. The molecule has 2 aliphatic rings. The summed E-state index contributed by atoms with van der Waals surface area (Å²) in [5.74, 6) is 3.35. The summed E-state index contributed by atoms with van der Waals surface area (Å²) in [5, 5.41) is 0. The summed E-state index contributed by atoms with van der Waals surface area (Å²) in [6, 6.07) is 2.74. The van der Waals surface area contributed by atoms with Crippen LogP contribution in [0.3, 0.4) is 0 Å². The van der Waals surface area contributed by atoms with Gasteiger partial charge in [0.15, 0.2) is 0 Å². The van der Waals surface area contributed by atoms with E-state index >= 15 is 0 Å². The Bertz CT molecular complexity index is 688. The van der Waals surface area contributed by atoms with E-state index in [2.05, 4.69) is 25.5 Å². The van der Waals surface area contributed by atoms with Crippen LogP contribution in [0.1, 0.15) is 42.5 Å². The highest BCUT2D eigenvalue weighted by molar-refractivity contribution is 5.43. The summed E-state index contributed by atoms with van der Waals surface area (Å²) >= 11 is 0. The normalized spacial score (nSPS) is 20.9. The molecular formula is C17H23N5O. The van der Waals surface area contributed by atoms with Crippen molar-refractivity contribution in [2.24, 2.45) is 7.05 Å². The predicted octanol–water partition coefficient (Wildman–Crippen LogP) is 2.19. The summed E-state index contributed by atoms with van der Waals surface area (Å²) in [6.07, 6.45) is 7.36. The van der Waals surface area contributed by atoms with Crippen molar-refractivity contribution in [3.8, 4) is 0 Å². The van der Waals surface area contributed by atoms with E-state index in [-0.39, 0.29) is 0 Å². The molecule has 0 unspecified atom stereocenters. The van der Waals surface area contributed by atoms with Crippen LogP contribution in [0.25, 0.3) is 0 Å². The number of imidazole rings is 1. The second kappa shape index (κ2) is 5.92. The van der Waals surface area contributed by atoms with Gasteiger partial charge in [-0.05, 0) is 26.2 Å². The minimum absolute atomic E-state index is 0.407. The first-order chi connectivity index (χ1) is 11.2. The molecule has 1 aliphatic carbocycles. The van der Waals surface area contributed by atoms with Crippen LogP contribution in [-0.2, 0) is 18.3 Å². The first-order valence-electron chi connectivity index (χ1n) is 8.37. The lowest BCUT2D eigenvalue weighted by molar-refractivity contribution is 0.193. The summed E-state index contributed by atoms with van der Waals surface area (Å²) in [7, 11) is 2.04. The molecule has 0 bridgehead atoms. The fourth-order valence-corrected chi connectivity index (χ4v) is 3.18. The van der Waals surface area contributed by atoms with E-state index in [0.717, 1.165) is 49.3 Å². The number of hydrogen-bond acceptors (Lipinski definition) is 5. The highest BCUT2D eigenvalue weighted by Crippen LogP contribution is 2.33. The number of aromatic nitrogens is 4. The minimum atomic E-state index is 0.407. The predicted molar refractivity (Wildman–Crippen MR) is 87.4 cm³/mol. The van der Waals surface area contributed by atoms with Crippen molar-refractivity contribution >= 4 is 5.82 Å². The van der Waals surface area contributed by atoms with E-state index < -0.39 is 0 Å². The van der Waals surface area contributed by atoms with E-state index in [1.807, 2.05) is 26.4 Å². The van der Waals surface area contributed by atoms with Crippen molar-refractivity contribution in [1.29, 1.82) is 0 Å². The third kappa shape index (κ3) is 3.08. The molecule has 0 aromatic carbocycles. The standard InChI is InChI=1S/C17H23N5O/c1-12-19-15(13-5-8-23-11-13)9-16(20-12)22(14-3-4-14)10-17-18-6-7-21(17)2/h6-7,9,13-14H,3-5,8,10-11H2,1-2H3/t13-/m0/s1. The van der Waals surface area contributed by atoms with Crippen molar-refractivity contribution in [1.82, 2.24) is 19.5 Å². The third-order valence-corrected chi connectivity index (χ3v) is 4.71. The monoisotopic (exact) mass is 313 g/mol. The van der Waals surface area contributed by atoms with Crippen molar-refractivity contribution < 1.29 is 4.74 Å². The molecule has 2 aromatic rings. The van der Waals surface area contributed by atoms with Gasteiger partial charge in [0.1, 0.15) is 17.5 Å². The van der Waals surface area contributed by atoms with Gasteiger partial charge in [0.05, 0.1) is 18.8 Å². The number of hydrogen-bond donors (Lipinski definition) is 0. The van der Waals surface area contributed by atoms with E-state index in [0.29, 0.717) is 12.0 Å². The molecule has 1 aliphatic heterocycles. The number of nitrogens with zero attached hydrogens (tertiary/aromatic N) is 5. The van der Waals surface area contributed by atoms with Crippen molar-refractivity contribution in [3.63, 3.8) is 0 Å². The van der Waals surface area contributed by atoms with Gasteiger partial charge in [0, 0.05) is 44.1 Å². The number of anilines is 1. The van der Waals surface area contributed by atoms with Crippen LogP contribution in [-0.4, -0.2) is 38.8 Å². The van der Waals surface area contributed by atoms with Crippen LogP contribution in [0.5, 0.6) is 0 Å². The second-order valence-corrected chi connectivity index (χ2v) is 6.57. The highest BCUT2D eigenvalue weighted by atomic mass is 16.5. The Labute approximate surface area is 136 Å². The molecule has 122 valence electrons. The van der Waals surface area contributed by atoms with Crippen LogP contribution < -0.4 is 4.90 Å². The van der Waals surface area contributed by atoms with Crippen LogP contribution in [0, 0.1) is 6.92 Å². The van der Waals surface area contributed by atoms with Crippen LogP contribution in [0.4, 0.5) is 5.82 Å². The van der Waals surface area contributed by atoms with Crippen LogP contribution >= 0.6 is 0 Å². The van der Waals surface area contributed by atoms with Crippen LogP contribution in [0.2, 0.25) is 0 Å². The van der Waals surface area contributed by atoms with E-state index in [4.69, 9.17) is 9.72 Å². The molecule has 0 spiro atoms. The number of ether oxygens (including phenoxy) is 1. The minimum Gasteiger partial charge on any atom is -0.381 e. The molecule has 3 heterocycles. The van der Waals surface area contributed by atoms with Gasteiger partial charge in [-0.1, -0.05) is 0 Å². The zero-order valence-corrected chi connectivity index (χ0v) is 13.8. The maximum atomic E-state index is 5.53. The molecule has 1 saturated heterocycles. The first-order valence-corrected chi connectivity index (χ1v) is 8.37. The summed E-state index contributed by atoms with van der Waals surface area (Å²) in [6.45, 7) is 4.39. The van der Waals surface area contributed by atoms with E-state index in [9.17, 15) is 0 Å². The summed E-state index contributed by atoms with van der Waals surface area (Å²) in [4.78, 5) is 16.2. The Morgan fingerprint density at radius 2 is 2.17 bits per heavy atom. The lowest BCUT2D eigenvalue weighted by Gasteiger charge is -2.24. The second-order valence-electron chi connectivity index (χ2n) is 6.57. The van der Waals surface area contributed by atoms with Crippen molar-refractivity contribution in [3.05, 3.63) is 35.8 Å². The fourth-order valence-electron chi connectivity index (χ4n) is 3.18. The Morgan fingerprint density at radius 1 is 1.30 bits per heavy atom. The molecule has 6 nitrogen and oxygen atoms in total. The quantitative estimate of drug-likeness (QED) is 0.847. The van der Waals surface area contributed by atoms with Crippen molar-refractivity contribution in [2.75, 3.05) is 18.1 Å². The highest BCUT2D eigenvalue weighted by Gasteiger charge is 2.32. The first kappa shape index (κ1) is 14.6. The summed E-state index contributed by atoms with van der Waals surface area (Å²) in [5.41, 5.74) is 1.12. The van der Waals surface area contributed by atoms with E-state index in [1.165, 1.54) is 12.8 Å². The largest absolute Gasteiger partial charge is 0.381 e. The van der Waals surface area contributed by atoms with Gasteiger partial charge in [-0.3, -0.25) is 0 Å². The zero-order chi connectivity index (χ0) is 15.8. The van der Waals surface area contributed by atoms with Crippen molar-refractivity contribution in [2.45, 2.75) is 44.7 Å². The average molecular weight is 313 g/mol. The van der Waals surface area contributed by atoms with Crippen LogP contribution in [0.15, 0.2) is 18.5 Å². The number of rotatable bonds is 5. The molecule has 0 radical (unpaired) electrons. The zero-order valence-electron chi connectivity index (χ0n) is 13.8. The Kier molecular flexibility index (Phi) is 3.77. The Hall–Kier alpha value is -1.95. The molecule has 1 atom stereocenters. The molecule has 1 saturated carbocycles. The molecule has 2 fully saturated rings. The molecule has 6 heteroatoms. The van der Waals surface area contributed by atoms with Gasteiger partial charge in [0.25, 0.3) is 0 Å². The van der Waals surface area contributed by atoms with Gasteiger partial charge in [0.2, 0.25) is 0 Å². The summed E-state index contributed by atoms with van der Waals surface area (Å²) < 4.78 is 7.60. The lowest BCUT2D eigenvalue weighted by Crippen LogP contribution is -2.28. The fraction of sp³-hybridized carbons (Fsp3) is 0.588. The third-order valence-electron chi connectivity index (χ3n) is 4.71. The van der Waals surface area contributed by atoms with Gasteiger partial charge in [-0.15, -0.1) is 0 Å². The number of aryl methyl sites for hydroxylation is 2. The van der Waals surface area contributed by atoms with Gasteiger partial charge in [-0.25, -0.2) is 15.0 Å². The van der Waals surface area contributed by atoms with Gasteiger partial charge in [-0.2, -0.15) is 0 Å². The maximum absolute atomic E-state index is 5.53. The lowest BCUT2D eigenvalue weighted by atomic mass is 10.0. The van der Waals surface area contributed by atoms with Gasteiger partial charge < -0.3 is 14.2 Å². The van der Waals surface area contributed by atoms with Gasteiger partial charge >= 0.3 is 0 Å². The Morgan fingerprint density at radius 3 is 2.83 bits per heavy atom. The molecule has 4 rings (SSSR count). The average Bonchev–Trinajstić information content (AvgIpc) is 3.06. The molecule has 23 heavy (non-hydrogen) atoms. The Balaban J connectivity index is 1.64. The SMILES string of the molecule is Cc1nc([C@H]2CCOC2)cc(N(Cc2nccn2C)C2CC2)n1. The molecular weight excluding hydrogens is 290 g/mol. The smallest absolute Gasteiger partial charge is 0.133 e. The molecule has 0 N–H and O–H groups in total. The van der Waals surface area contributed by atoms with E-state index in [1.54, 1.807) is 0 Å². The maximum Gasteiger partial charge on any atom is 0.133 e. The topological polar surface area (TPSA) is 56.1 Å². The molecule has 2 aromatic heterocycles.